The lowest BCUT2D eigenvalue weighted by molar-refractivity contribution is -0.116. The fourth-order valence-electron chi connectivity index (χ4n) is 3.01. The van der Waals surface area contributed by atoms with Crippen molar-refractivity contribution in [1.82, 2.24) is 10.6 Å². The van der Waals surface area contributed by atoms with E-state index in [1.165, 1.54) is 11.6 Å². The van der Waals surface area contributed by atoms with Crippen LogP contribution in [0.1, 0.15) is 38.7 Å². The number of hydrogen-bond acceptors (Lipinski definition) is 2. The Morgan fingerprint density at radius 3 is 2.14 bits per heavy atom. The van der Waals surface area contributed by atoms with E-state index in [-0.39, 0.29) is 17.9 Å². The van der Waals surface area contributed by atoms with Crippen LogP contribution in [0, 0.1) is 6.92 Å². The van der Waals surface area contributed by atoms with E-state index in [1.807, 2.05) is 73.7 Å². The van der Waals surface area contributed by atoms with Crippen molar-refractivity contribution in [1.29, 1.82) is 0 Å². The molecule has 4 nitrogen and oxygen atoms in total. The highest BCUT2D eigenvalue weighted by Gasteiger charge is 2.17. The molecule has 0 aliphatic rings. The minimum absolute atomic E-state index is 0.152. The number of benzene rings is 3. The van der Waals surface area contributed by atoms with E-state index in [1.54, 1.807) is 12.1 Å². The van der Waals surface area contributed by atoms with Crippen molar-refractivity contribution < 1.29 is 9.59 Å². The van der Waals surface area contributed by atoms with Gasteiger partial charge in [-0.05, 0) is 41.8 Å². The molecule has 4 heteroatoms. The second-order valence-electron chi connectivity index (χ2n) is 6.85. The highest BCUT2D eigenvalue weighted by Crippen LogP contribution is 2.23. The zero-order valence-corrected chi connectivity index (χ0v) is 16.4. The van der Waals surface area contributed by atoms with Gasteiger partial charge in [0.1, 0.15) is 0 Å². The van der Waals surface area contributed by atoms with Gasteiger partial charge < -0.3 is 10.6 Å². The highest BCUT2D eigenvalue weighted by molar-refractivity contribution is 5.94. The van der Waals surface area contributed by atoms with Crippen molar-refractivity contribution in [2.45, 2.75) is 19.5 Å². The predicted octanol–water partition coefficient (Wildman–Crippen LogP) is 4.32. The van der Waals surface area contributed by atoms with Crippen LogP contribution in [-0.4, -0.2) is 11.8 Å². The van der Waals surface area contributed by atoms with Crippen LogP contribution < -0.4 is 10.6 Å². The molecule has 0 aliphatic heterocycles. The van der Waals surface area contributed by atoms with Crippen molar-refractivity contribution in [3.8, 4) is 0 Å². The fourth-order valence-corrected chi connectivity index (χ4v) is 3.01. The first-order valence-electron chi connectivity index (χ1n) is 9.48. The second-order valence-corrected chi connectivity index (χ2v) is 6.85. The number of rotatable bonds is 7. The third kappa shape index (κ3) is 5.42. The summed E-state index contributed by atoms with van der Waals surface area (Å²) in [5, 5.41) is 5.86. The molecule has 0 heterocycles. The molecule has 0 aliphatic carbocycles. The predicted molar refractivity (Wildman–Crippen MR) is 115 cm³/mol. The summed E-state index contributed by atoms with van der Waals surface area (Å²) in [5.74, 6) is -0.378. The van der Waals surface area contributed by atoms with Crippen LogP contribution in [0.2, 0.25) is 0 Å². The molecule has 3 aromatic rings. The van der Waals surface area contributed by atoms with E-state index < -0.39 is 0 Å². The quantitative estimate of drug-likeness (QED) is 0.596. The molecule has 1 atom stereocenters. The molecular weight excluding hydrogens is 360 g/mol. The maximum atomic E-state index is 12.9. The SMILES string of the molecule is C=CC(=O)NCc1ccc(C(=O)NC(c2ccccc2)c2ccc(C)cc2)cc1. The number of carbonyl (C=O) groups is 2. The molecule has 0 aromatic heterocycles. The van der Waals surface area contributed by atoms with Crippen molar-refractivity contribution >= 4 is 11.8 Å². The number of carbonyl (C=O) groups excluding carboxylic acids is 2. The van der Waals surface area contributed by atoms with E-state index in [0.717, 1.165) is 16.7 Å². The third-order valence-electron chi connectivity index (χ3n) is 4.69. The molecule has 0 radical (unpaired) electrons. The van der Waals surface area contributed by atoms with E-state index in [4.69, 9.17) is 0 Å². The first-order chi connectivity index (χ1) is 14.1. The van der Waals surface area contributed by atoms with Gasteiger partial charge in [0.05, 0.1) is 6.04 Å². The molecule has 2 amide bonds. The number of hydrogen-bond donors (Lipinski definition) is 2. The highest BCUT2D eigenvalue weighted by atomic mass is 16.2. The molecule has 0 spiro atoms. The van der Waals surface area contributed by atoms with E-state index in [0.29, 0.717) is 12.1 Å². The van der Waals surface area contributed by atoms with E-state index in [2.05, 4.69) is 17.2 Å². The van der Waals surface area contributed by atoms with Crippen LogP contribution >= 0.6 is 0 Å². The van der Waals surface area contributed by atoms with Gasteiger partial charge in [0.15, 0.2) is 0 Å². The lowest BCUT2D eigenvalue weighted by atomic mass is 9.97. The maximum Gasteiger partial charge on any atom is 0.252 e. The standard InChI is InChI=1S/C25H24N2O2/c1-3-23(28)26-17-19-11-15-22(16-12-19)25(29)27-24(20-7-5-4-6-8-20)21-13-9-18(2)10-14-21/h3-16,24H,1,17H2,2H3,(H,26,28)(H,27,29). The summed E-state index contributed by atoms with van der Waals surface area (Å²) in [6, 6.07) is 25.0. The summed E-state index contributed by atoms with van der Waals surface area (Å²) in [7, 11) is 0. The molecule has 0 fully saturated rings. The molecule has 0 saturated heterocycles. The molecule has 2 N–H and O–H groups in total. The van der Waals surface area contributed by atoms with Crippen LogP contribution in [0.3, 0.4) is 0 Å². The topological polar surface area (TPSA) is 58.2 Å². The Morgan fingerprint density at radius 2 is 1.52 bits per heavy atom. The first kappa shape index (κ1) is 20.1. The lowest BCUT2D eigenvalue weighted by Gasteiger charge is -2.20. The second kappa shape index (κ2) is 9.51. The summed E-state index contributed by atoms with van der Waals surface area (Å²) in [6.45, 7) is 5.86. The first-order valence-corrected chi connectivity index (χ1v) is 9.48. The van der Waals surface area contributed by atoms with Gasteiger partial charge in [-0.3, -0.25) is 9.59 Å². The smallest absolute Gasteiger partial charge is 0.252 e. The van der Waals surface area contributed by atoms with Gasteiger partial charge in [-0.15, -0.1) is 0 Å². The number of aryl methyl sites for hydroxylation is 1. The Kier molecular flexibility index (Phi) is 6.59. The molecule has 3 rings (SSSR count). The average molecular weight is 384 g/mol. The summed E-state index contributed by atoms with van der Waals surface area (Å²) in [5.41, 5.74) is 4.70. The van der Waals surface area contributed by atoms with Gasteiger partial charge in [-0.1, -0.05) is 78.9 Å². The lowest BCUT2D eigenvalue weighted by Crippen LogP contribution is -2.29. The van der Waals surface area contributed by atoms with Crippen molar-refractivity contribution in [2.75, 3.05) is 0 Å². The van der Waals surface area contributed by atoms with Gasteiger partial charge in [0, 0.05) is 12.1 Å². The van der Waals surface area contributed by atoms with Gasteiger partial charge in [-0.2, -0.15) is 0 Å². The molecule has 146 valence electrons. The molecule has 1 unspecified atom stereocenters. The molecule has 0 bridgehead atoms. The zero-order chi connectivity index (χ0) is 20.6. The molecule has 29 heavy (non-hydrogen) atoms. The van der Waals surface area contributed by atoms with E-state index in [9.17, 15) is 9.59 Å². The molecule has 0 saturated carbocycles. The minimum atomic E-state index is -0.240. The summed E-state index contributed by atoms with van der Waals surface area (Å²) in [4.78, 5) is 24.2. The normalized spacial score (nSPS) is 11.3. The van der Waals surface area contributed by atoms with Crippen LogP contribution in [0.25, 0.3) is 0 Å². The Morgan fingerprint density at radius 1 is 0.897 bits per heavy atom. The number of nitrogens with one attached hydrogen (secondary N) is 2. The van der Waals surface area contributed by atoms with Gasteiger partial charge in [0.2, 0.25) is 5.91 Å². The third-order valence-corrected chi connectivity index (χ3v) is 4.69. The number of amides is 2. The monoisotopic (exact) mass is 384 g/mol. The van der Waals surface area contributed by atoms with Crippen LogP contribution in [0.15, 0.2) is 91.5 Å². The minimum Gasteiger partial charge on any atom is -0.348 e. The van der Waals surface area contributed by atoms with Gasteiger partial charge in [0.25, 0.3) is 5.91 Å². The zero-order valence-electron chi connectivity index (χ0n) is 16.4. The Labute approximate surface area is 171 Å². The summed E-state index contributed by atoms with van der Waals surface area (Å²) >= 11 is 0. The Hall–Kier alpha value is -3.66. The maximum absolute atomic E-state index is 12.9. The van der Waals surface area contributed by atoms with E-state index >= 15 is 0 Å². The van der Waals surface area contributed by atoms with Crippen molar-refractivity contribution in [3.05, 3.63) is 119 Å². The van der Waals surface area contributed by atoms with Crippen LogP contribution in [0.4, 0.5) is 0 Å². The average Bonchev–Trinajstić information content (AvgIpc) is 2.77. The summed E-state index contributed by atoms with van der Waals surface area (Å²) < 4.78 is 0. The largest absolute Gasteiger partial charge is 0.348 e. The summed E-state index contributed by atoms with van der Waals surface area (Å²) in [6.07, 6.45) is 1.23. The Bertz CT molecular complexity index is 978. The van der Waals surface area contributed by atoms with Crippen molar-refractivity contribution in [2.24, 2.45) is 0 Å². The molecular formula is C25H24N2O2. The fraction of sp³-hybridized carbons (Fsp3) is 0.120. The van der Waals surface area contributed by atoms with Crippen molar-refractivity contribution in [3.63, 3.8) is 0 Å². The van der Waals surface area contributed by atoms with Crippen LogP contribution in [-0.2, 0) is 11.3 Å². The molecule has 3 aromatic carbocycles. The Balaban J connectivity index is 1.77. The van der Waals surface area contributed by atoms with Gasteiger partial charge >= 0.3 is 0 Å². The van der Waals surface area contributed by atoms with Crippen LogP contribution in [0.5, 0.6) is 0 Å². The van der Waals surface area contributed by atoms with Gasteiger partial charge in [-0.25, -0.2) is 0 Å².